The van der Waals surface area contributed by atoms with E-state index in [9.17, 15) is 14.4 Å². The summed E-state index contributed by atoms with van der Waals surface area (Å²) in [7, 11) is 1.52. The minimum Gasteiger partial charge on any atom is -0.449 e. The van der Waals surface area contributed by atoms with E-state index in [0.29, 0.717) is 12.2 Å². The monoisotopic (exact) mass is 334 g/mol. The number of nitrogens with two attached hydrogens (primary N) is 2. The summed E-state index contributed by atoms with van der Waals surface area (Å²) in [6.45, 7) is 1.92. The number of allylic oxidation sites excluding steroid dienone is 2. The molecule has 3 heterocycles. The highest BCUT2D eigenvalue weighted by Gasteiger charge is 2.72. The molecule has 0 aromatic rings. The minimum atomic E-state index is -0.957. The second-order valence-corrected chi connectivity index (χ2v) is 6.46. The van der Waals surface area contributed by atoms with Crippen LogP contribution in [0.15, 0.2) is 22.5 Å². The standard InChI is InChI=1S/C15H18N4O5/c1-5-9(16)12(21)8-6(4-24-14(17)22)15(23-2)13-7(18-13)3-19(15)10(8)11(5)20/h6-7,13,18H,3-4,16H2,1-2H3,(H2,17,22)/t6?,7-,13-,15-/m1/s1. The van der Waals surface area contributed by atoms with Crippen molar-refractivity contribution in [3.8, 4) is 0 Å². The number of nitrogens with one attached hydrogen (secondary N) is 1. The van der Waals surface area contributed by atoms with Crippen LogP contribution in [0.3, 0.4) is 0 Å². The number of ketones is 2. The van der Waals surface area contributed by atoms with E-state index >= 15 is 0 Å². The Hall–Kier alpha value is -2.39. The molecule has 4 rings (SSSR count). The van der Waals surface area contributed by atoms with Crippen molar-refractivity contribution in [1.29, 1.82) is 0 Å². The minimum absolute atomic E-state index is 0.0586. The average Bonchev–Trinajstić information content (AvgIpc) is 3.16. The number of methoxy groups -OCH3 is 1. The zero-order valence-electron chi connectivity index (χ0n) is 13.3. The lowest BCUT2D eigenvalue weighted by Crippen LogP contribution is -2.55. The molecule has 1 unspecified atom stereocenters. The van der Waals surface area contributed by atoms with Gasteiger partial charge in [0, 0.05) is 30.8 Å². The van der Waals surface area contributed by atoms with Crippen molar-refractivity contribution >= 4 is 17.7 Å². The topological polar surface area (TPSA) is 147 Å². The van der Waals surface area contributed by atoms with E-state index in [0.717, 1.165) is 0 Å². The Morgan fingerprint density at radius 1 is 1.42 bits per heavy atom. The van der Waals surface area contributed by atoms with E-state index in [1.165, 1.54) is 14.0 Å². The van der Waals surface area contributed by atoms with Crippen LogP contribution >= 0.6 is 0 Å². The first-order valence-electron chi connectivity index (χ1n) is 7.65. The quantitative estimate of drug-likeness (QED) is 0.411. The molecular weight excluding hydrogens is 316 g/mol. The third kappa shape index (κ3) is 1.58. The number of hydrogen-bond donors (Lipinski definition) is 3. The molecule has 1 aliphatic carbocycles. The van der Waals surface area contributed by atoms with Gasteiger partial charge < -0.3 is 31.2 Å². The van der Waals surface area contributed by atoms with Crippen LogP contribution in [-0.2, 0) is 19.1 Å². The summed E-state index contributed by atoms with van der Waals surface area (Å²) in [6.07, 6.45) is -0.950. The molecule has 5 N–H and O–H groups in total. The van der Waals surface area contributed by atoms with E-state index in [-0.39, 0.29) is 41.3 Å². The maximum atomic E-state index is 12.8. The molecule has 24 heavy (non-hydrogen) atoms. The molecule has 0 saturated carbocycles. The summed E-state index contributed by atoms with van der Waals surface area (Å²) in [5.41, 5.74) is 10.7. The van der Waals surface area contributed by atoms with Crippen LogP contribution in [0.25, 0.3) is 0 Å². The Balaban J connectivity index is 1.85. The van der Waals surface area contributed by atoms with Gasteiger partial charge in [-0.1, -0.05) is 0 Å². The van der Waals surface area contributed by atoms with Crippen molar-refractivity contribution < 1.29 is 23.9 Å². The Bertz CT molecular complexity index is 757. The second-order valence-electron chi connectivity index (χ2n) is 6.46. The second kappa shape index (κ2) is 4.58. The molecule has 2 fully saturated rings. The lowest BCUT2D eigenvalue weighted by atomic mass is 9.82. The van der Waals surface area contributed by atoms with Crippen molar-refractivity contribution in [2.45, 2.75) is 24.7 Å². The first kappa shape index (κ1) is 15.2. The predicted octanol–water partition coefficient (Wildman–Crippen LogP) is -1.65. The van der Waals surface area contributed by atoms with Crippen LogP contribution in [0, 0.1) is 5.92 Å². The molecule has 9 nitrogen and oxygen atoms in total. The first-order valence-corrected chi connectivity index (χ1v) is 7.65. The van der Waals surface area contributed by atoms with Crippen LogP contribution in [0.4, 0.5) is 4.79 Å². The highest BCUT2D eigenvalue weighted by molar-refractivity contribution is 6.25. The van der Waals surface area contributed by atoms with Crippen LogP contribution in [0.1, 0.15) is 6.92 Å². The zero-order valence-corrected chi connectivity index (χ0v) is 13.3. The fourth-order valence-corrected chi connectivity index (χ4v) is 4.31. The summed E-state index contributed by atoms with van der Waals surface area (Å²) in [4.78, 5) is 38.4. The number of nitrogens with zero attached hydrogens (tertiary/aromatic N) is 1. The number of primary amides is 1. The van der Waals surface area contributed by atoms with Gasteiger partial charge in [-0.2, -0.15) is 0 Å². The zero-order chi connectivity index (χ0) is 17.4. The van der Waals surface area contributed by atoms with Gasteiger partial charge in [-0.15, -0.1) is 0 Å². The van der Waals surface area contributed by atoms with E-state index in [4.69, 9.17) is 20.9 Å². The number of Topliss-reactive ketones (excluding diaryl/α,β-unsaturated/α-hetero) is 2. The number of hydrogen-bond acceptors (Lipinski definition) is 8. The third-order valence-electron chi connectivity index (χ3n) is 5.47. The number of fused-ring (bicyclic) bond motifs is 4. The lowest BCUT2D eigenvalue weighted by Gasteiger charge is -2.39. The fraction of sp³-hybridized carbons (Fsp3) is 0.533. The van der Waals surface area contributed by atoms with Gasteiger partial charge in [0.1, 0.15) is 6.61 Å². The Kier molecular flexibility index (Phi) is 2.89. The summed E-state index contributed by atoms with van der Waals surface area (Å²) in [5, 5.41) is 3.28. The van der Waals surface area contributed by atoms with Crippen molar-refractivity contribution in [2.24, 2.45) is 17.4 Å². The van der Waals surface area contributed by atoms with E-state index in [2.05, 4.69) is 5.32 Å². The Morgan fingerprint density at radius 2 is 2.12 bits per heavy atom. The number of carbonyl (C=O) groups excluding carboxylic acids is 3. The molecule has 0 aromatic heterocycles. The van der Waals surface area contributed by atoms with Gasteiger partial charge in [-0.3, -0.25) is 9.59 Å². The SMILES string of the molecule is CO[C@@]12C(COC(N)=O)C3=C(C(=O)C(C)=C(N)C3=O)N1C[C@H]1N[C@H]12. The molecule has 4 aliphatic rings. The van der Waals surface area contributed by atoms with Gasteiger partial charge in [-0.05, 0) is 6.92 Å². The molecule has 0 aromatic carbocycles. The molecule has 2 saturated heterocycles. The molecule has 0 bridgehead atoms. The predicted molar refractivity (Wildman–Crippen MR) is 80.1 cm³/mol. The number of carbonyl (C=O) groups is 3. The molecule has 0 radical (unpaired) electrons. The number of ether oxygens (including phenoxy) is 2. The molecule has 128 valence electrons. The van der Waals surface area contributed by atoms with Gasteiger partial charge >= 0.3 is 6.09 Å². The molecule has 4 atom stereocenters. The van der Waals surface area contributed by atoms with Gasteiger partial charge in [0.05, 0.1) is 23.4 Å². The lowest BCUT2D eigenvalue weighted by molar-refractivity contribution is -0.137. The van der Waals surface area contributed by atoms with Gasteiger partial charge in [0.2, 0.25) is 11.6 Å². The van der Waals surface area contributed by atoms with Gasteiger partial charge in [0.25, 0.3) is 0 Å². The maximum absolute atomic E-state index is 12.8. The molecule has 9 heteroatoms. The number of amides is 1. The van der Waals surface area contributed by atoms with Crippen LogP contribution in [0.2, 0.25) is 0 Å². The molecule has 1 amide bonds. The smallest absolute Gasteiger partial charge is 0.404 e. The largest absolute Gasteiger partial charge is 0.449 e. The summed E-state index contributed by atoms with van der Waals surface area (Å²) in [5.74, 6) is -1.34. The van der Waals surface area contributed by atoms with E-state index in [1.807, 2.05) is 4.90 Å². The van der Waals surface area contributed by atoms with Crippen LogP contribution in [-0.4, -0.2) is 60.6 Å². The van der Waals surface area contributed by atoms with E-state index < -0.39 is 23.5 Å². The Morgan fingerprint density at radius 3 is 2.75 bits per heavy atom. The summed E-state index contributed by atoms with van der Waals surface area (Å²) >= 11 is 0. The van der Waals surface area contributed by atoms with Crippen LogP contribution < -0.4 is 16.8 Å². The molecule has 3 aliphatic heterocycles. The van der Waals surface area contributed by atoms with Crippen molar-refractivity contribution in [3.63, 3.8) is 0 Å². The van der Waals surface area contributed by atoms with Crippen molar-refractivity contribution in [2.75, 3.05) is 20.3 Å². The average molecular weight is 334 g/mol. The highest BCUT2D eigenvalue weighted by Crippen LogP contribution is 2.55. The van der Waals surface area contributed by atoms with Crippen LogP contribution in [0.5, 0.6) is 0 Å². The summed E-state index contributed by atoms with van der Waals surface area (Å²) < 4.78 is 10.8. The van der Waals surface area contributed by atoms with Gasteiger partial charge in [0.15, 0.2) is 5.72 Å². The van der Waals surface area contributed by atoms with E-state index in [1.54, 1.807) is 0 Å². The molecule has 0 spiro atoms. The fourth-order valence-electron chi connectivity index (χ4n) is 4.31. The van der Waals surface area contributed by atoms with Crippen molar-refractivity contribution in [3.05, 3.63) is 22.5 Å². The number of rotatable bonds is 3. The first-order chi connectivity index (χ1) is 11.3. The Labute approximate surface area is 137 Å². The molecular formula is C15H18N4O5. The summed E-state index contributed by atoms with van der Waals surface area (Å²) in [6, 6.07) is 0.109. The highest BCUT2D eigenvalue weighted by atomic mass is 16.6. The number of piperazine rings is 1. The van der Waals surface area contributed by atoms with Gasteiger partial charge in [-0.25, -0.2) is 4.79 Å². The third-order valence-corrected chi connectivity index (χ3v) is 5.47. The van der Waals surface area contributed by atoms with Crippen molar-refractivity contribution in [1.82, 2.24) is 10.2 Å². The normalized spacial score (nSPS) is 36.8. The maximum Gasteiger partial charge on any atom is 0.404 e.